The van der Waals surface area contributed by atoms with Crippen molar-refractivity contribution in [3.63, 3.8) is 0 Å². The Balaban J connectivity index is 2.08. The third kappa shape index (κ3) is 2.93. The second-order valence-electron chi connectivity index (χ2n) is 5.66. The number of ether oxygens (including phenoxy) is 1. The van der Waals surface area contributed by atoms with Gasteiger partial charge in [-0.3, -0.25) is 0 Å². The summed E-state index contributed by atoms with van der Waals surface area (Å²) in [7, 11) is 1.71. The number of anilines is 1. The fraction of sp³-hybridized carbons (Fsp3) is 0.600. The van der Waals surface area contributed by atoms with Crippen LogP contribution in [0, 0.1) is 5.41 Å². The molecule has 1 aromatic rings. The summed E-state index contributed by atoms with van der Waals surface area (Å²) in [5, 5.41) is 3.67. The monoisotopic (exact) mass is 233 g/mol. The molecule has 1 aliphatic carbocycles. The van der Waals surface area contributed by atoms with Gasteiger partial charge in [-0.1, -0.05) is 32.8 Å². The Labute approximate surface area is 104 Å². The summed E-state index contributed by atoms with van der Waals surface area (Å²) in [4.78, 5) is 0. The fourth-order valence-corrected chi connectivity index (χ4v) is 2.68. The second kappa shape index (κ2) is 4.99. The average Bonchev–Trinajstić information content (AvgIpc) is 2.32. The van der Waals surface area contributed by atoms with Crippen molar-refractivity contribution in [3.05, 3.63) is 24.3 Å². The lowest BCUT2D eigenvalue weighted by Gasteiger charge is -2.39. The van der Waals surface area contributed by atoms with E-state index in [1.807, 2.05) is 12.1 Å². The normalized spacial score (nSPS) is 23.1. The minimum atomic E-state index is 0.390. The predicted octanol–water partition coefficient (Wildman–Crippen LogP) is 4.08. The standard InChI is InChI=1S/C15H23NO/c1-15(2)10-5-4-9-14(15)16-12-7-6-8-13(11-12)17-3/h6-8,11,14,16H,4-5,9-10H2,1-3H3. The molecule has 1 saturated carbocycles. The van der Waals surface area contributed by atoms with Gasteiger partial charge >= 0.3 is 0 Å². The van der Waals surface area contributed by atoms with Crippen LogP contribution in [-0.2, 0) is 0 Å². The van der Waals surface area contributed by atoms with Gasteiger partial charge in [0, 0.05) is 17.8 Å². The molecule has 0 amide bonds. The van der Waals surface area contributed by atoms with Gasteiger partial charge < -0.3 is 10.1 Å². The number of rotatable bonds is 3. The number of nitrogens with one attached hydrogen (secondary N) is 1. The average molecular weight is 233 g/mol. The maximum Gasteiger partial charge on any atom is 0.120 e. The van der Waals surface area contributed by atoms with E-state index in [0.717, 1.165) is 5.75 Å². The van der Waals surface area contributed by atoms with Crippen LogP contribution in [0.15, 0.2) is 24.3 Å². The number of methoxy groups -OCH3 is 1. The van der Waals surface area contributed by atoms with Crippen molar-refractivity contribution in [2.45, 2.75) is 45.6 Å². The van der Waals surface area contributed by atoms with Gasteiger partial charge in [0.2, 0.25) is 0 Å². The lowest BCUT2D eigenvalue weighted by Crippen LogP contribution is -2.38. The molecule has 94 valence electrons. The molecule has 0 saturated heterocycles. The van der Waals surface area contributed by atoms with Crippen LogP contribution < -0.4 is 10.1 Å². The van der Waals surface area contributed by atoms with Gasteiger partial charge in [-0.05, 0) is 30.4 Å². The van der Waals surface area contributed by atoms with Crippen LogP contribution in [0.4, 0.5) is 5.69 Å². The first kappa shape index (κ1) is 12.3. The Morgan fingerprint density at radius 3 is 2.82 bits per heavy atom. The van der Waals surface area contributed by atoms with Gasteiger partial charge in [-0.2, -0.15) is 0 Å². The Bertz CT molecular complexity index is 373. The maximum absolute atomic E-state index is 5.26. The van der Waals surface area contributed by atoms with Crippen LogP contribution in [0.3, 0.4) is 0 Å². The van der Waals surface area contributed by atoms with Crippen molar-refractivity contribution in [2.24, 2.45) is 5.41 Å². The van der Waals surface area contributed by atoms with Gasteiger partial charge in [-0.25, -0.2) is 0 Å². The summed E-state index contributed by atoms with van der Waals surface area (Å²) < 4.78 is 5.26. The van der Waals surface area contributed by atoms with Crippen LogP contribution in [0.5, 0.6) is 5.75 Å². The zero-order valence-corrected chi connectivity index (χ0v) is 11.1. The Kier molecular flexibility index (Phi) is 3.60. The van der Waals surface area contributed by atoms with Crippen LogP contribution in [0.25, 0.3) is 0 Å². The molecule has 1 unspecified atom stereocenters. The van der Waals surface area contributed by atoms with E-state index in [2.05, 4.69) is 31.3 Å². The lowest BCUT2D eigenvalue weighted by molar-refractivity contribution is 0.217. The summed E-state index contributed by atoms with van der Waals surface area (Å²) in [5.74, 6) is 0.920. The SMILES string of the molecule is COc1cccc(NC2CCCCC2(C)C)c1. The van der Waals surface area contributed by atoms with Gasteiger partial charge in [0.05, 0.1) is 7.11 Å². The Morgan fingerprint density at radius 1 is 1.29 bits per heavy atom. The molecule has 0 bridgehead atoms. The van der Waals surface area contributed by atoms with E-state index in [0.29, 0.717) is 11.5 Å². The molecule has 2 rings (SSSR count). The third-order valence-corrected chi connectivity index (χ3v) is 3.92. The third-order valence-electron chi connectivity index (χ3n) is 3.92. The minimum Gasteiger partial charge on any atom is -0.497 e. The molecule has 1 N–H and O–H groups in total. The first-order valence-corrected chi connectivity index (χ1v) is 6.52. The van der Waals surface area contributed by atoms with Gasteiger partial charge in [0.25, 0.3) is 0 Å². The molecule has 1 fully saturated rings. The van der Waals surface area contributed by atoms with Crippen molar-refractivity contribution in [3.8, 4) is 5.75 Å². The Hall–Kier alpha value is -1.18. The zero-order valence-electron chi connectivity index (χ0n) is 11.1. The summed E-state index contributed by atoms with van der Waals surface area (Å²) >= 11 is 0. The highest BCUT2D eigenvalue weighted by Crippen LogP contribution is 2.37. The largest absolute Gasteiger partial charge is 0.497 e. The predicted molar refractivity (Wildman–Crippen MR) is 72.7 cm³/mol. The highest BCUT2D eigenvalue weighted by Gasteiger charge is 2.31. The van der Waals surface area contributed by atoms with E-state index in [1.165, 1.54) is 31.4 Å². The lowest BCUT2D eigenvalue weighted by atomic mass is 9.73. The van der Waals surface area contributed by atoms with E-state index >= 15 is 0 Å². The smallest absolute Gasteiger partial charge is 0.120 e. The van der Waals surface area contributed by atoms with E-state index in [-0.39, 0.29) is 0 Å². The van der Waals surface area contributed by atoms with E-state index in [1.54, 1.807) is 7.11 Å². The Morgan fingerprint density at radius 2 is 2.12 bits per heavy atom. The highest BCUT2D eigenvalue weighted by atomic mass is 16.5. The zero-order chi connectivity index (χ0) is 12.3. The minimum absolute atomic E-state index is 0.390. The quantitative estimate of drug-likeness (QED) is 0.849. The van der Waals surface area contributed by atoms with E-state index in [4.69, 9.17) is 4.74 Å². The van der Waals surface area contributed by atoms with Crippen molar-refractivity contribution in [1.29, 1.82) is 0 Å². The van der Waals surface area contributed by atoms with Crippen molar-refractivity contribution in [1.82, 2.24) is 0 Å². The van der Waals surface area contributed by atoms with E-state index < -0.39 is 0 Å². The van der Waals surface area contributed by atoms with Crippen molar-refractivity contribution >= 4 is 5.69 Å². The fourth-order valence-electron chi connectivity index (χ4n) is 2.68. The van der Waals surface area contributed by atoms with Crippen LogP contribution in [0.1, 0.15) is 39.5 Å². The number of hydrogen-bond acceptors (Lipinski definition) is 2. The van der Waals surface area contributed by atoms with Gasteiger partial charge in [0.15, 0.2) is 0 Å². The van der Waals surface area contributed by atoms with E-state index in [9.17, 15) is 0 Å². The number of hydrogen-bond donors (Lipinski definition) is 1. The molecular weight excluding hydrogens is 210 g/mol. The molecule has 1 aliphatic rings. The van der Waals surface area contributed by atoms with Crippen molar-refractivity contribution in [2.75, 3.05) is 12.4 Å². The molecular formula is C15H23NO. The number of benzene rings is 1. The van der Waals surface area contributed by atoms with Crippen molar-refractivity contribution < 1.29 is 4.74 Å². The molecule has 1 aromatic carbocycles. The van der Waals surface area contributed by atoms with Crippen LogP contribution in [0.2, 0.25) is 0 Å². The molecule has 17 heavy (non-hydrogen) atoms. The molecule has 2 nitrogen and oxygen atoms in total. The first-order chi connectivity index (χ1) is 8.12. The molecule has 0 aliphatic heterocycles. The molecule has 0 aromatic heterocycles. The summed E-state index contributed by atoms with van der Waals surface area (Å²) in [6, 6.07) is 8.79. The van der Waals surface area contributed by atoms with Gasteiger partial charge in [0.1, 0.15) is 5.75 Å². The summed E-state index contributed by atoms with van der Waals surface area (Å²) in [6.45, 7) is 4.73. The first-order valence-electron chi connectivity index (χ1n) is 6.52. The molecule has 0 spiro atoms. The maximum atomic E-state index is 5.26. The topological polar surface area (TPSA) is 21.3 Å². The second-order valence-corrected chi connectivity index (χ2v) is 5.66. The van der Waals surface area contributed by atoms with Crippen LogP contribution in [-0.4, -0.2) is 13.2 Å². The molecule has 0 radical (unpaired) electrons. The highest BCUT2D eigenvalue weighted by molar-refractivity contribution is 5.49. The molecule has 1 atom stereocenters. The summed E-state index contributed by atoms with van der Waals surface area (Å²) in [6.07, 6.45) is 5.28. The molecule has 2 heteroatoms. The summed E-state index contributed by atoms with van der Waals surface area (Å²) in [5.41, 5.74) is 1.56. The van der Waals surface area contributed by atoms with Gasteiger partial charge in [-0.15, -0.1) is 0 Å². The molecule has 0 heterocycles. The van der Waals surface area contributed by atoms with Crippen LogP contribution >= 0.6 is 0 Å².